The lowest BCUT2D eigenvalue weighted by Crippen LogP contribution is -2.40. The van der Waals surface area contributed by atoms with Crippen molar-refractivity contribution < 1.29 is 24.2 Å². The molecule has 1 aromatic carbocycles. The molecule has 0 unspecified atom stereocenters. The largest absolute Gasteiger partial charge is 0.481 e. The summed E-state index contributed by atoms with van der Waals surface area (Å²) in [4.78, 5) is 24.9. The van der Waals surface area contributed by atoms with E-state index < -0.39 is 5.97 Å². The molecule has 1 N–H and O–H groups in total. The molecule has 1 aromatic rings. The SMILES string of the molecule is O=C(O)C1CCN(C(=O)Cc2ccc3c(c2)OCO3)CC1. The van der Waals surface area contributed by atoms with Crippen molar-refractivity contribution >= 4 is 11.9 Å². The number of hydrogen-bond donors (Lipinski definition) is 1. The molecule has 1 fully saturated rings. The summed E-state index contributed by atoms with van der Waals surface area (Å²) < 4.78 is 10.5. The number of fused-ring (bicyclic) bond motifs is 1. The van der Waals surface area contributed by atoms with Gasteiger partial charge in [-0.05, 0) is 30.5 Å². The summed E-state index contributed by atoms with van der Waals surface area (Å²) in [6.07, 6.45) is 1.36. The zero-order chi connectivity index (χ0) is 14.8. The van der Waals surface area contributed by atoms with Crippen molar-refractivity contribution in [3.63, 3.8) is 0 Å². The smallest absolute Gasteiger partial charge is 0.306 e. The van der Waals surface area contributed by atoms with Crippen LogP contribution in [0.25, 0.3) is 0 Å². The van der Waals surface area contributed by atoms with Crippen molar-refractivity contribution in [1.82, 2.24) is 4.90 Å². The summed E-state index contributed by atoms with van der Waals surface area (Å²) in [5.74, 6) is 0.313. The summed E-state index contributed by atoms with van der Waals surface area (Å²) in [6, 6.07) is 5.49. The van der Waals surface area contributed by atoms with Crippen LogP contribution in [0.1, 0.15) is 18.4 Å². The Labute approximate surface area is 122 Å². The topological polar surface area (TPSA) is 76.1 Å². The number of carbonyl (C=O) groups is 2. The second kappa shape index (κ2) is 5.63. The molecule has 2 heterocycles. The van der Waals surface area contributed by atoms with Crippen molar-refractivity contribution in [3.05, 3.63) is 23.8 Å². The molecule has 1 amide bonds. The number of hydrogen-bond acceptors (Lipinski definition) is 4. The van der Waals surface area contributed by atoms with Crippen LogP contribution in [0.4, 0.5) is 0 Å². The van der Waals surface area contributed by atoms with Crippen LogP contribution in [0.5, 0.6) is 11.5 Å². The Balaban J connectivity index is 1.58. The van der Waals surface area contributed by atoms with Crippen molar-refractivity contribution in [2.24, 2.45) is 5.92 Å². The van der Waals surface area contributed by atoms with Crippen LogP contribution in [0.3, 0.4) is 0 Å². The van der Waals surface area contributed by atoms with Gasteiger partial charge in [-0.2, -0.15) is 0 Å². The van der Waals surface area contributed by atoms with E-state index in [0.717, 1.165) is 5.56 Å². The normalized spacial score (nSPS) is 17.8. The van der Waals surface area contributed by atoms with E-state index in [0.29, 0.717) is 43.9 Å². The summed E-state index contributed by atoms with van der Waals surface area (Å²) in [7, 11) is 0. The number of rotatable bonds is 3. The fourth-order valence-electron chi connectivity index (χ4n) is 2.71. The average molecular weight is 291 g/mol. The first-order chi connectivity index (χ1) is 10.1. The molecular formula is C15H17NO5. The number of carboxylic acids is 1. The van der Waals surface area contributed by atoms with Crippen LogP contribution < -0.4 is 9.47 Å². The van der Waals surface area contributed by atoms with Gasteiger partial charge < -0.3 is 19.5 Å². The molecule has 0 saturated carbocycles. The molecule has 6 nitrogen and oxygen atoms in total. The van der Waals surface area contributed by atoms with Crippen molar-refractivity contribution in [1.29, 1.82) is 0 Å². The summed E-state index contributed by atoms with van der Waals surface area (Å²) >= 11 is 0. The molecule has 21 heavy (non-hydrogen) atoms. The zero-order valence-corrected chi connectivity index (χ0v) is 11.6. The standard InChI is InChI=1S/C15H17NO5/c17-14(16-5-3-11(4-6-16)15(18)19)8-10-1-2-12-13(7-10)21-9-20-12/h1-2,7,11H,3-6,8-9H2,(H,18,19). The van der Waals surface area contributed by atoms with Crippen molar-refractivity contribution in [2.75, 3.05) is 19.9 Å². The molecule has 0 aromatic heterocycles. The first kappa shape index (κ1) is 13.7. The Morgan fingerprint density at radius 3 is 2.62 bits per heavy atom. The molecule has 3 rings (SSSR count). The number of benzene rings is 1. The predicted octanol–water partition coefficient (Wildman–Crippen LogP) is 1.28. The molecule has 0 aliphatic carbocycles. The molecule has 0 radical (unpaired) electrons. The molecular weight excluding hydrogens is 274 g/mol. The van der Waals surface area contributed by atoms with Gasteiger partial charge in [0.2, 0.25) is 12.7 Å². The van der Waals surface area contributed by atoms with E-state index >= 15 is 0 Å². The van der Waals surface area contributed by atoms with E-state index in [4.69, 9.17) is 14.6 Å². The van der Waals surface area contributed by atoms with Gasteiger partial charge in [0.1, 0.15) is 0 Å². The minimum Gasteiger partial charge on any atom is -0.481 e. The monoisotopic (exact) mass is 291 g/mol. The first-order valence-corrected chi connectivity index (χ1v) is 7.02. The van der Waals surface area contributed by atoms with Gasteiger partial charge in [0.15, 0.2) is 11.5 Å². The molecule has 0 spiro atoms. The van der Waals surface area contributed by atoms with Crippen molar-refractivity contribution in [2.45, 2.75) is 19.3 Å². The second-order valence-corrected chi connectivity index (χ2v) is 5.36. The minimum absolute atomic E-state index is 0.0257. The molecule has 0 atom stereocenters. The highest BCUT2D eigenvalue weighted by atomic mass is 16.7. The Hall–Kier alpha value is -2.24. The van der Waals surface area contributed by atoms with E-state index in [9.17, 15) is 9.59 Å². The lowest BCUT2D eigenvalue weighted by molar-refractivity contribution is -0.145. The third kappa shape index (κ3) is 2.94. The lowest BCUT2D eigenvalue weighted by atomic mass is 9.96. The molecule has 0 bridgehead atoms. The van der Waals surface area contributed by atoms with Gasteiger partial charge in [-0.1, -0.05) is 6.07 Å². The number of carboxylic acid groups (broad SMARTS) is 1. The number of carbonyl (C=O) groups excluding carboxylic acids is 1. The third-order valence-electron chi connectivity index (χ3n) is 3.99. The summed E-state index contributed by atoms with van der Waals surface area (Å²) in [5.41, 5.74) is 0.879. The van der Waals surface area contributed by atoms with Gasteiger partial charge in [-0.15, -0.1) is 0 Å². The highest BCUT2D eigenvalue weighted by Gasteiger charge is 2.27. The average Bonchev–Trinajstić information content (AvgIpc) is 2.95. The highest BCUT2D eigenvalue weighted by Crippen LogP contribution is 2.32. The van der Waals surface area contributed by atoms with Gasteiger partial charge in [0.25, 0.3) is 0 Å². The number of amides is 1. The van der Waals surface area contributed by atoms with Crippen LogP contribution in [0, 0.1) is 5.92 Å². The van der Waals surface area contributed by atoms with Gasteiger partial charge in [-0.25, -0.2) is 0 Å². The number of nitrogens with zero attached hydrogens (tertiary/aromatic N) is 1. The fraction of sp³-hybridized carbons (Fsp3) is 0.467. The molecule has 112 valence electrons. The predicted molar refractivity (Wildman–Crippen MR) is 73.2 cm³/mol. The maximum absolute atomic E-state index is 12.3. The third-order valence-corrected chi connectivity index (χ3v) is 3.99. The zero-order valence-electron chi connectivity index (χ0n) is 11.6. The molecule has 1 saturated heterocycles. The van der Waals surface area contributed by atoms with E-state index in [1.807, 2.05) is 18.2 Å². The summed E-state index contributed by atoms with van der Waals surface area (Å²) in [6.45, 7) is 1.25. The maximum atomic E-state index is 12.3. The van der Waals surface area contributed by atoms with Gasteiger partial charge in [0, 0.05) is 13.1 Å². The van der Waals surface area contributed by atoms with Crippen LogP contribution in [-0.4, -0.2) is 41.8 Å². The number of piperidine rings is 1. The number of aliphatic carboxylic acids is 1. The quantitative estimate of drug-likeness (QED) is 0.908. The minimum atomic E-state index is -0.766. The Morgan fingerprint density at radius 1 is 1.19 bits per heavy atom. The highest BCUT2D eigenvalue weighted by molar-refractivity contribution is 5.79. The van der Waals surface area contributed by atoms with Gasteiger partial charge in [0.05, 0.1) is 12.3 Å². The molecule has 2 aliphatic heterocycles. The fourth-order valence-corrected chi connectivity index (χ4v) is 2.71. The summed E-state index contributed by atoms with van der Waals surface area (Å²) in [5, 5.41) is 8.96. The maximum Gasteiger partial charge on any atom is 0.306 e. The molecule has 6 heteroatoms. The van der Waals surface area contributed by atoms with E-state index in [1.54, 1.807) is 4.90 Å². The molecule has 2 aliphatic rings. The van der Waals surface area contributed by atoms with Crippen LogP contribution in [0.2, 0.25) is 0 Å². The van der Waals surface area contributed by atoms with Crippen LogP contribution in [-0.2, 0) is 16.0 Å². The van der Waals surface area contributed by atoms with Crippen LogP contribution in [0.15, 0.2) is 18.2 Å². The van der Waals surface area contributed by atoms with E-state index in [2.05, 4.69) is 0 Å². The second-order valence-electron chi connectivity index (χ2n) is 5.36. The number of likely N-dealkylation sites (tertiary alicyclic amines) is 1. The Bertz CT molecular complexity index is 563. The Kier molecular flexibility index (Phi) is 3.68. The Morgan fingerprint density at radius 2 is 1.90 bits per heavy atom. The van der Waals surface area contributed by atoms with Gasteiger partial charge in [-0.3, -0.25) is 9.59 Å². The van der Waals surface area contributed by atoms with Gasteiger partial charge >= 0.3 is 5.97 Å². The van der Waals surface area contributed by atoms with E-state index in [1.165, 1.54) is 0 Å². The van der Waals surface area contributed by atoms with Crippen molar-refractivity contribution in [3.8, 4) is 11.5 Å². The first-order valence-electron chi connectivity index (χ1n) is 7.02. The number of ether oxygens (including phenoxy) is 2. The van der Waals surface area contributed by atoms with E-state index in [-0.39, 0.29) is 18.6 Å². The van der Waals surface area contributed by atoms with Crippen LogP contribution >= 0.6 is 0 Å². The lowest BCUT2D eigenvalue weighted by Gasteiger charge is -2.30.